The van der Waals surface area contributed by atoms with E-state index >= 15 is 0 Å². The van der Waals surface area contributed by atoms with Gasteiger partial charge in [0, 0.05) is 10.2 Å². The second-order valence-electron chi connectivity index (χ2n) is 3.65. The van der Waals surface area contributed by atoms with Gasteiger partial charge in [0.15, 0.2) is 0 Å². The van der Waals surface area contributed by atoms with Crippen molar-refractivity contribution < 1.29 is 8.42 Å². The SMILES string of the molecule is Nc1ccc(NS(=O)(=O)c2ccccc2)cc1Br. The first kappa shape index (κ1) is 12.9. The van der Waals surface area contributed by atoms with Crippen LogP contribution in [0.2, 0.25) is 0 Å². The monoisotopic (exact) mass is 326 g/mol. The van der Waals surface area contributed by atoms with Crippen molar-refractivity contribution >= 4 is 37.3 Å². The molecular formula is C12H11BrN2O2S. The Hall–Kier alpha value is -1.53. The lowest BCUT2D eigenvalue weighted by atomic mass is 10.3. The molecule has 0 bridgehead atoms. The van der Waals surface area contributed by atoms with Crippen LogP contribution >= 0.6 is 15.9 Å². The summed E-state index contributed by atoms with van der Waals surface area (Å²) in [4.78, 5) is 0.220. The number of rotatable bonds is 3. The number of benzene rings is 2. The van der Waals surface area contributed by atoms with Gasteiger partial charge in [-0.1, -0.05) is 18.2 Å². The molecule has 0 aliphatic carbocycles. The summed E-state index contributed by atoms with van der Waals surface area (Å²) in [6.07, 6.45) is 0. The molecule has 94 valence electrons. The molecule has 0 aliphatic rings. The quantitative estimate of drug-likeness (QED) is 0.852. The highest BCUT2D eigenvalue weighted by Crippen LogP contribution is 2.24. The van der Waals surface area contributed by atoms with Crippen LogP contribution in [0.1, 0.15) is 0 Å². The van der Waals surface area contributed by atoms with Crippen molar-refractivity contribution in [1.29, 1.82) is 0 Å². The zero-order valence-electron chi connectivity index (χ0n) is 9.30. The highest BCUT2D eigenvalue weighted by Gasteiger charge is 2.13. The molecule has 0 spiro atoms. The molecule has 0 radical (unpaired) electrons. The third-order valence-electron chi connectivity index (χ3n) is 2.31. The smallest absolute Gasteiger partial charge is 0.261 e. The predicted molar refractivity (Wildman–Crippen MR) is 75.8 cm³/mol. The topological polar surface area (TPSA) is 72.2 Å². The summed E-state index contributed by atoms with van der Waals surface area (Å²) >= 11 is 3.25. The molecule has 0 amide bonds. The summed E-state index contributed by atoms with van der Waals surface area (Å²) < 4.78 is 27.2. The van der Waals surface area contributed by atoms with Crippen LogP contribution in [0.4, 0.5) is 11.4 Å². The Morgan fingerprint density at radius 1 is 1.06 bits per heavy atom. The fourth-order valence-corrected chi connectivity index (χ4v) is 2.85. The summed E-state index contributed by atoms with van der Waals surface area (Å²) in [7, 11) is -3.55. The first-order valence-electron chi connectivity index (χ1n) is 5.12. The van der Waals surface area contributed by atoms with Crippen LogP contribution in [-0.4, -0.2) is 8.42 Å². The lowest BCUT2D eigenvalue weighted by Crippen LogP contribution is -2.12. The number of hydrogen-bond donors (Lipinski definition) is 2. The van der Waals surface area contributed by atoms with Crippen molar-refractivity contribution in [1.82, 2.24) is 0 Å². The predicted octanol–water partition coefficient (Wildman–Crippen LogP) is 2.83. The van der Waals surface area contributed by atoms with Gasteiger partial charge in [-0.25, -0.2) is 8.42 Å². The Bertz CT molecular complexity index is 657. The number of hydrogen-bond acceptors (Lipinski definition) is 3. The Labute approximate surface area is 114 Å². The highest BCUT2D eigenvalue weighted by atomic mass is 79.9. The average Bonchev–Trinajstić information content (AvgIpc) is 2.35. The van der Waals surface area contributed by atoms with Crippen LogP contribution in [0.25, 0.3) is 0 Å². The molecule has 0 unspecified atom stereocenters. The maximum atomic E-state index is 12.0. The van der Waals surface area contributed by atoms with Gasteiger partial charge in [-0.15, -0.1) is 0 Å². The van der Waals surface area contributed by atoms with E-state index in [9.17, 15) is 8.42 Å². The maximum absolute atomic E-state index is 12.0. The van der Waals surface area contributed by atoms with E-state index < -0.39 is 10.0 Å². The summed E-state index contributed by atoms with van der Waals surface area (Å²) in [6, 6.07) is 13.0. The number of halogens is 1. The van der Waals surface area contributed by atoms with Gasteiger partial charge >= 0.3 is 0 Å². The van der Waals surface area contributed by atoms with Gasteiger partial charge in [-0.3, -0.25) is 4.72 Å². The molecule has 4 nitrogen and oxygen atoms in total. The molecule has 0 atom stereocenters. The van der Waals surface area contributed by atoms with Crippen LogP contribution in [0.5, 0.6) is 0 Å². The molecule has 2 aromatic rings. The molecule has 2 aromatic carbocycles. The second kappa shape index (κ2) is 4.99. The number of anilines is 2. The molecule has 2 rings (SSSR count). The number of sulfonamides is 1. The van der Waals surface area contributed by atoms with Crippen LogP contribution < -0.4 is 10.5 Å². The third kappa shape index (κ3) is 2.83. The molecule has 0 saturated heterocycles. The molecule has 0 saturated carbocycles. The second-order valence-corrected chi connectivity index (χ2v) is 6.19. The van der Waals surface area contributed by atoms with Gasteiger partial charge in [-0.2, -0.15) is 0 Å². The lowest BCUT2D eigenvalue weighted by molar-refractivity contribution is 0.601. The van der Waals surface area contributed by atoms with Gasteiger partial charge in [0.25, 0.3) is 10.0 Å². The van der Waals surface area contributed by atoms with Crippen molar-refractivity contribution in [2.45, 2.75) is 4.90 Å². The summed E-state index contributed by atoms with van der Waals surface area (Å²) in [6.45, 7) is 0. The van der Waals surface area contributed by atoms with Crippen molar-refractivity contribution in [2.75, 3.05) is 10.5 Å². The number of nitrogens with one attached hydrogen (secondary N) is 1. The molecular weight excluding hydrogens is 316 g/mol. The average molecular weight is 327 g/mol. The van der Waals surface area contributed by atoms with Gasteiger partial charge in [-0.05, 0) is 46.3 Å². The third-order valence-corrected chi connectivity index (χ3v) is 4.39. The van der Waals surface area contributed by atoms with E-state index in [4.69, 9.17) is 5.73 Å². The van der Waals surface area contributed by atoms with Crippen LogP contribution in [0, 0.1) is 0 Å². The largest absolute Gasteiger partial charge is 0.398 e. The Kier molecular flexibility index (Phi) is 3.58. The van der Waals surface area contributed by atoms with Crippen LogP contribution in [0.3, 0.4) is 0 Å². The van der Waals surface area contributed by atoms with Crippen molar-refractivity contribution in [2.24, 2.45) is 0 Å². The van der Waals surface area contributed by atoms with Gasteiger partial charge in [0.2, 0.25) is 0 Å². The summed E-state index contributed by atoms with van der Waals surface area (Å²) in [5, 5.41) is 0. The number of nitrogen functional groups attached to an aromatic ring is 1. The van der Waals surface area contributed by atoms with Gasteiger partial charge in [0.05, 0.1) is 10.6 Å². The van der Waals surface area contributed by atoms with E-state index in [0.717, 1.165) is 0 Å². The normalized spacial score (nSPS) is 11.2. The van der Waals surface area contributed by atoms with E-state index in [1.54, 1.807) is 36.4 Å². The first-order chi connectivity index (χ1) is 8.49. The molecule has 0 aliphatic heterocycles. The summed E-state index contributed by atoms with van der Waals surface area (Å²) in [5.74, 6) is 0. The van der Waals surface area contributed by atoms with Crippen molar-refractivity contribution in [3.05, 3.63) is 53.0 Å². The molecule has 18 heavy (non-hydrogen) atoms. The lowest BCUT2D eigenvalue weighted by Gasteiger charge is -2.09. The maximum Gasteiger partial charge on any atom is 0.261 e. The fourth-order valence-electron chi connectivity index (χ4n) is 1.40. The van der Waals surface area contributed by atoms with Gasteiger partial charge in [0.1, 0.15) is 0 Å². The number of nitrogens with two attached hydrogens (primary N) is 1. The molecule has 0 fully saturated rings. The van der Waals surface area contributed by atoms with Crippen LogP contribution in [0.15, 0.2) is 57.9 Å². The standard InChI is InChI=1S/C12H11BrN2O2S/c13-11-8-9(6-7-12(11)14)15-18(16,17)10-4-2-1-3-5-10/h1-8,15H,14H2. The summed E-state index contributed by atoms with van der Waals surface area (Å²) in [5.41, 5.74) is 6.65. The molecule has 6 heteroatoms. The molecule has 0 heterocycles. The fraction of sp³-hybridized carbons (Fsp3) is 0. The van der Waals surface area contributed by atoms with E-state index in [1.165, 1.54) is 12.1 Å². The van der Waals surface area contributed by atoms with Crippen molar-refractivity contribution in [3.63, 3.8) is 0 Å². The zero-order valence-corrected chi connectivity index (χ0v) is 11.7. The van der Waals surface area contributed by atoms with Crippen molar-refractivity contribution in [3.8, 4) is 0 Å². The minimum absolute atomic E-state index is 0.220. The Balaban J connectivity index is 2.31. The van der Waals surface area contributed by atoms with E-state index in [-0.39, 0.29) is 4.90 Å². The highest BCUT2D eigenvalue weighted by molar-refractivity contribution is 9.10. The van der Waals surface area contributed by atoms with Crippen LogP contribution in [-0.2, 0) is 10.0 Å². The van der Waals surface area contributed by atoms with E-state index in [0.29, 0.717) is 15.8 Å². The van der Waals surface area contributed by atoms with E-state index in [1.807, 2.05) is 0 Å². The minimum Gasteiger partial charge on any atom is -0.398 e. The Morgan fingerprint density at radius 2 is 1.72 bits per heavy atom. The first-order valence-corrected chi connectivity index (χ1v) is 7.39. The van der Waals surface area contributed by atoms with Gasteiger partial charge < -0.3 is 5.73 Å². The molecule has 3 N–H and O–H groups in total. The minimum atomic E-state index is -3.55. The van der Waals surface area contributed by atoms with E-state index in [2.05, 4.69) is 20.7 Å². The molecule has 0 aromatic heterocycles. The Morgan fingerprint density at radius 3 is 2.33 bits per heavy atom. The zero-order chi connectivity index (χ0) is 13.2.